The Morgan fingerprint density at radius 1 is 1.10 bits per heavy atom. The zero-order valence-corrected chi connectivity index (χ0v) is 13.2. The third kappa shape index (κ3) is 3.67. The summed E-state index contributed by atoms with van der Waals surface area (Å²) in [6.07, 6.45) is 6.79. The van der Waals surface area contributed by atoms with Crippen molar-refractivity contribution in [2.24, 2.45) is 0 Å². The molecule has 0 aliphatic carbocycles. The molecule has 1 aromatic heterocycles. The first-order valence-electron chi connectivity index (χ1n) is 8.57. The maximum Gasteiger partial charge on any atom is 0.130 e. The summed E-state index contributed by atoms with van der Waals surface area (Å²) < 4.78 is 0. The van der Waals surface area contributed by atoms with E-state index in [-0.39, 0.29) is 0 Å². The Hall–Kier alpha value is -1.29. The van der Waals surface area contributed by atoms with Crippen molar-refractivity contribution in [3.8, 4) is 0 Å². The number of hydrogen-bond acceptors (Lipinski definition) is 4. The van der Waals surface area contributed by atoms with E-state index in [0.717, 1.165) is 37.3 Å². The summed E-state index contributed by atoms with van der Waals surface area (Å²) in [5.41, 5.74) is 0. The van der Waals surface area contributed by atoms with Gasteiger partial charge in [0.25, 0.3) is 0 Å². The van der Waals surface area contributed by atoms with Gasteiger partial charge in [-0.3, -0.25) is 0 Å². The molecule has 0 saturated carbocycles. The van der Waals surface area contributed by atoms with Crippen LogP contribution < -0.4 is 10.2 Å². The van der Waals surface area contributed by atoms with Crippen molar-refractivity contribution in [3.05, 3.63) is 18.2 Å². The minimum atomic E-state index is 0.804. The molecule has 3 rings (SSSR count). The molecule has 4 heteroatoms. The van der Waals surface area contributed by atoms with Crippen LogP contribution in [-0.4, -0.2) is 48.6 Å². The number of hydrogen-bond donors (Lipinski definition) is 1. The number of anilines is 2. The van der Waals surface area contributed by atoms with Crippen molar-refractivity contribution in [1.29, 1.82) is 0 Å². The first-order chi connectivity index (χ1) is 10.4. The van der Waals surface area contributed by atoms with Gasteiger partial charge in [-0.05, 0) is 57.8 Å². The van der Waals surface area contributed by atoms with Gasteiger partial charge in [0.05, 0.1) is 0 Å². The second-order valence-electron chi connectivity index (χ2n) is 6.23. The summed E-state index contributed by atoms with van der Waals surface area (Å²) in [6, 6.07) is 7.10. The Morgan fingerprint density at radius 2 is 1.86 bits per heavy atom. The van der Waals surface area contributed by atoms with Crippen LogP contribution >= 0.6 is 0 Å². The molecule has 1 aromatic rings. The quantitative estimate of drug-likeness (QED) is 0.923. The van der Waals surface area contributed by atoms with Crippen molar-refractivity contribution in [2.45, 2.75) is 45.1 Å². The number of pyridine rings is 1. The first-order valence-corrected chi connectivity index (χ1v) is 8.57. The number of likely N-dealkylation sites (tertiary alicyclic amines) is 1. The highest BCUT2D eigenvalue weighted by atomic mass is 15.2. The number of nitrogens with one attached hydrogen (secondary N) is 1. The largest absolute Gasteiger partial charge is 0.370 e. The molecule has 2 aliphatic heterocycles. The van der Waals surface area contributed by atoms with E-state index in [0.29, 0.717) is 0 Å². The predicted octanol–water partition coefficient (Wildman–Crippen LogP) is 2.97. The van der Waals surface area contributed by atoms with Gasteiger partial charge in [0.1, 0.15) is 11.6 Å². The minimum absolute atomic E-state index is 0.804. The molecule has 2 fully saturated rings. The summed E-state index contributed by atoms with van der Waals surface area (Å²) in [4.78, 5) is 9.90. The van der Waals surface area contributed by atoms with Crippen molar-refractivity contribution in [2.75, 3.05) is 42.9 Å². The molecule has 0 atom stereocenters. The number of piperidine rings is 2. The molecule has 3 heterocycles. The summed E-state index contributed by atoms with van der Waals surface area (Å²) in [7, 11) is 0. The van der Waals surface area contributed by atoms with E-state index in [1.165, 1.54) is 45.2 Å². The minimum Gasteiger partial charge on any atom is -0.370 e. The SMILES string of the molecule is CCNc1cccc(N2CCC(N3CCCCC3)CC2)n1. The van der Waals surface area contributed by atoms with E-state index < -0.39 is 0 Å². The highest BCUT2D eigenvalue weighted by molar-refractivity contribution is 5.47. The van der Waals surface area contributed by atoms with Gasteiger partial charge in [-0.2, -0.15) is 0 Å². The molecule has 0 radical (unpaired) electrons. The number of nitrogens with zero attached hydrogens (tertiary/aromatic N) is 3. The zero-order valence-electron chi connectivity index (χ0n) is 13.2. The average molecular weight is 288 g/mol. The summed E-state index contributed by atoms with van der Waals surface area (Å²) in [6.45, 7) is 7.96. The van der Waals surface area contributed by atoms with E-state index >= 15 is 0 Å². The Balaban J connectivity index is 1.56. The zero-order chi connectivity index (χ0) is 14.5. The van der Waals surface area contributed by atoms with E-state index in [1.807, 2.05) is 6.07 Å². The van der Waals surface area contributed by atoms with Gasteiger partial charge in [-0.1, -0.05) is 12.5 Å². The molecule has 0 aromatic carbocycles. The van der Waals surface area contributed by atoms with Gasteiger partial charge in [0.15, 0.2) is 0 Å². The summed E-state index contributed by atoms with van der Waals surface area (Å²) in [5.74, 6) is 2.12. The van der Waals surface area contributed by atoms with Crippen LogP contribution in [0.3, 0.4) is 0 Å². The van der Waals surface area contributed by atoms with Crippen molar-refractivity contribution in [1.82, 2.24) is 9.88 Å². The molecule has 1 N–H and O–H groups in total. The standard InChI is InChI=1S/C17H28N4/c1-2-18-16-7-6-8-17(19-16)21-13-9-15(10-14-21)20-11-4-3-5-12-20/h6-8,15H,2-5,9-14H2,1H3,(H,18,19). The van der Waals surface area contributed by atoms with Crippen LogP contribution in [0.25, 0.3) is 0 Å². The molecule has 0 spiro atoms. The Kier molecular flexibility index (Phi) is 4.96. The van der Waals surface area contributed by atoms with Crippen LogP contribution in [0.1, 0.15) is 39.0 Å². The third-order valence-corrected chi connectivity index (χ3v) is 4.79. The van der Waals surface area contributed by atoms with E-state index in [9.17, 15) is 0 Å². The van der Waals surface area contributed by atoms with E-state index in [4.69, 9.17) is 4.98 Å². The normalized spacial score (nSPS) is 21.5. The molecule has 2 saturated heterocycles. The van der Waals surface area contributed by atoms with Gasteiger partial charge in [0.2, 0.25) is 0 Å². The fourth-order valence-corrected chi connectivity index (χ4v) is 3.62. The van der Waals surface area contributed by atoms with Crippen LogP contribution in [0, 0.1) is 0 Å². The smallest absolute Gasteiger partial charge is 0.130 e. The predicted molar refractivity (Wildman–Crippen MR) is 89.1 cm³/mol. The van der Waals surface area contributed by atoms with Gasteiger partial charge in [-0.25, -0.2) is 4.98 Å². The summed E-state index contributed by atoms with van der Waals surface area (Å²) >= 11 is 0. The van der Waals surface area contributed by atoms with Crippen LogP contribution in [-0.2, 0) is 0 Å². The van der Waals surface area contributed by atoms with E-state index in [1.54, 1.807) is 0 Å². The van der Waals surface area contributed by atoms with Crippen LogP contribution in [0.4, 0.5) is 11.6 Å². The third-order valence-electron chi connectivity index (χ3n) is 4.79. The highest BCUT2D eigenvalue weighted by Gasteiger charge is 2.25. The van der Waals surface area contributed by atoms with Crippen molar-refractivity contribution < 1.29 is 0 Å². The maximum absolute atomic E-state index is 4.72. The molecular formula is C17H28N4. The Bertz CT molecular complexity index is 434. The lowest BCUT2D eigenvalue weighted by Gasteiger charge is -2.40. The monoisotopic (exact) mass is 288 g/mol. The van der Waals surface area contributed by atoms with E-state index in [2.05, 4.69) is 34.2 Å². The number of aromatic nitrogens is 1. The van der Waals surface area contributed by atoms with Crippen molar-refractivity contribution in [3.63, 3.8) is 0 Å². The van der Waals surface area contributed by atoms with Crippen LogP contribution in [0.2, 0.25) is 0 Å². The fraction of sp³-hybridized carbons (Fsp3) is 0.706. The molecule has 4 nitrogen and oxygen atoms in total. The Labute approximate surface area is 128 Å². The molecule has 0 unspecified atom stereocenters. The molecule has 21 heavy (non-hydrogen) atoms. The lowest BCUT2D eigenvalue weighted by molar-refractivity contribution is 0.141. The fourth-order valence-electron chi connectivity index (χ4n) is 3.62. The summed E-state index contributed by atoms with van der Waals surface area (Å²) in [5, 5.41) is 3.30. The Morgan fingerprint density at radius 3 is 2.57 bits per heavy atom. The second-order valence-corrected chi connectivity index (χ2v) is 6.23. The number of rotatable bonds is 4. The van der Waals surface area contributed by atoms with Gasteiger partial charge < -0.3 is 15.1 Å². The molecule has 116 valence electrons. The van der Waals surface area contributed by atoms with Crippen LogP contribution in [0.5, 0.6) is 0 Å². The van der Waals surface area contributed by atoms with Gasteiger partial charge >= 0.3 is 0 Å². The van der Waals surface area contributed by atoms with Crippen molar-refractivity contribution >= 4 is 11.6 Å². The van der Waals surface area contributed by atoms with Crippen LogP contribution in [0.15, 0.2) is 18.2 Å². The molecule has 0 bridgehead atoms. The maximum atomic E-state index is 4.72. The van der Waals surface area contributed by atoms with Gasteiger partial charge in [-0.15, -0.1) is 0 Å². The highest BCUT2D eigenvalue weighted by Crippen LogP contribution is 2.24. The molecule has 0 amide bonds. The molecule has 2 aliphatic rings. The molecular weight excluding hydrogens is 260 g/mol. The average Bonchev–Trinajstić information content (AvgIpc) is 2.56. The van der Waals surface area contributed by atoms with Gasteiger partial charge in [0, 0.05) is 25.7 Å². The topological polar surface area (TPSA) is 31.4 Å². The second kappa shape index (κ2) is 7.12. The lowest BCUT2D eigenvalue weighted by atomic mass is 10.00. The lowest BCUT2D eigenvalue weighted by Crippen LogP contribution is -2.46. The first kappa shape index (κ1) is 14.6.